The van der Waals surface area contributed by atoms with E-state index in [-0.39, 0.29) is 5.91 Å². The van der Waals surface area contributed by atoms with E-state index in [9.17, 15) is 4.79 Å². The second kappa shape index (κ2) is 6.89. The number of nitrogens with zero attached hydrogens (tertiary/aromatic N) is 1. The van der Waals surface area contributed by atoms with E-state index < -0.39 is 0 Å². The molecule has 0 aliphatic heterocycles. The normalized spacial score (nSPS) is 21.9. The van der Waals surface area contributed by atoms with Crippen LogP contribution in [0, 0.1) is 5.92 Å². The maximum absolute atomic E-state index is 12.9. The van der Waals surface area contributed by atoms with Crippen LogP contribution in [0.4, 0.5) is 0 Å². The molecule has 110 valence electrons. The molecule has 0 spiro atoms. The molecule has 2 atom stereocenters. The fraction of sp³-hybridized carbons (Fsp3) is 0.588. The standard InChI is InChI=1S/C17H26N2O/c1-3-13-8-5-6-10-15(13)17(20)19(4-2)16-11-7-9-14(16)12-18/h5-6,8,10,14,16H,3-4,7,9,11-12,18H2,1-2H3. The molecule has 0 heterocycles. The molecular formula is C17H26N2O. The van der Waals surface area contributed by atoms with E-state index in [4.69, 9.17) is 5.73 Å². The molecule has 1 fully saturated rings. The molecule has 2 unspecified atom stereocenters. The van der Waals surface area contributed by atoms with Crippen LogP contribution in [0.3, 0.4) is 0 Å². The van der Waals surface area contributed by atoms with Gasteiger partial charge in [-0.15, -0.1) is 0 Å². The lowest BCUT2D eigenvalue weighted by molar-refractivity contribution is 0.0651. The highest BCUT2D eigenvalue weighted by Crippen LogP contribution is 2.30. The quantitative estimate of drug-likeness (QED) is 0.897. The van der Waals surface area contributed by atoms with Crippen molar-refractivity contribution in [3.63, 3.8) is 0 Å². The van der Waals surface area contributed by atoms with Crippen molar-refractivity contribution in [2.45, 2.75) is 45.6 Å². The highest BCUT2D eigenvalue weighted by molar-refractivity contribution is 5.96. The molecule has 1 amide bonds. The van der Waals surface area contributed by atoms with Crippen LogP contribution in [-0.4, -0.2) is 29.9 Å². The molecule has 2 rings (SSSR count). The van der Waals surface area contributed by atoms with Crippen LogP contribution in [0.5, 0.6) is 0 Å². The van der Waals surface area contributed by atoms with Gasteiger partial charge in [-0.2, -0.15) is 0 Å². The van der Waals surface area contributed by atoms with Crippen LogP contribution < -0.4 is 5.73 Å². The van der Waals surface area contributed by atoms with Gasteiger partial charge in [-0.25, -0.2) is 0 Å². The van der Waals surface area contributed by atoms with Gasteiger partial charge in [0.1, 0.15) is 0 Å². The van der Waals surface area contributed by atoms with E-state index in [2.05, 4.69) is 19.9 Å². The summed E-state index contributed by atoms with van der Waals surface area (Å²) in [5.41, 5.74) is 7.87. The molecule has 3 nitrogen and oxygen atoms in total. The Labute approximate surface area is 122 Å². The van der Waals surface area contributed by atoms with Crippen molar-refractivity contribution >= 4 is 5.91 Å². The maximum atomic E-state index is 12.9. The van der Waals surface area contributed by atoms with E-state index >= 15 is 0 Å². The second-order valence-electron chi connectivity index (χ2n) is 5.60. The Morgan fingerprint density at radius 2 is 2.05 bits per heavy atom. The van der Waals surface area contributed by atoms with Crippen LogP contribution in [-0.2, 0) is 6.42 Å². The summed E-state index contributed by atoms with van der Waals surface area (Å²) in [6, 6.07) is 8.29. The summed E-state index contributed by atoms with van der Waals surface area (Å²) in [6.45, 7) is 5.61. The van der Waals surface area contributed by atoms with Gasteiger partial charge in [0.2, 0.25) is 0 Å². The largest absolute Gasteiger partial charge is 0.336 e. The summed E-state index contributed by atoms with van der Waals surface area (Å²) in [4.78, 5) is 14.9. The summed E-state index contributed by atoms with van der Waals surface area (Å²) in [7, 11) is 0. The van der Waals surface area contributed by atoms with Crippen molar-refractivity contribution in [2.75, 3.05) is 13.1 Å². The average Bonchev–Trinajstić information content (AvgIpc) is 2.96. The summed E-state index contributed by atoms with van der Waals surface area (Å²) in [5, 5.41) is 0. The first kappa shape index (κ1) is 15.0. The van der Waals surface area contributed by atoms with Crippen LogP contribution in [0.15, 0.2) is 24.3 Å². The molecule has 1 aliphatic carbocycles. The molecule has 2 N–H and O–H groups in total. The van der Waals surface area contributed by atoms with Crippen LogP contribution >= 0.6 is 0 Å². The summed E-state index contributed by atoms with van der Waals surface area (Å²) < 4.78 is 0. The molecule has 20 heavy (non-hydrogen) atoms. The van der Waals surface area contributed by atoms with Crippen molar-refractivity contribution < 1.29 is 4.79 Å². The Hall–Kier alpha value is -1.35. The van der Waals surface area contributed by atoms with Crippen molar-refractivity contribution in [3.05, 3.63) is 35.4 Å². The molecule has 0 saturated heterocycles. The predicted octanol–water partition coefficient (Wildman–Crippen LogP) is 2.84. The number of benzene rings is 1. The smallest absolute Gasteiger partial charge is 0.254 e. The average molecular weight is 274 g/mol. The molecule has 1 saturated carbocycles. The monoisotopic (exact) mass is 274 g/mol. The van der Waals surface area contributed by atoms with Crippen molar-refractivity contribution in [3.8, 4) is 0 Å². The van der Waals surface area contributed by atoms with Gasteiger partial charge in [-0.05, 0) is 50.3 Å². The fourth-order valence-corrected chi connectivity index (χ4v) is 3.42. The van der Waals surface area contributed by atoms with Gasteiger partial charge in [-0.1, -0.05) is 31.5 Å². The first-order chi connectivity index (χ1) is 9.72. The highest BCUT2D eigenvalue weighted by Gasteiger charge is 2.33. The number of amides is 1. The Bertz CT molecular complexity index is 458. The van der Waals surface area contributed by atoms with Gasteiger partial charge < -0.3 is 10.6 Å². The molecular weight excluding hydrogens is 248 g/mol. The maximum Gasteiger partial charge on any atom is 0.254 e. The molecule has 3 heteroatoms. The zero-order valence-corrected chi connectivity index (χ0v) is 12.6. The number of carbonyl (C=O) groups is 1. The van der Waals surface area contributed by atoms with Crippen LogP contribution in [0.25, 0.3) is 0 Å². The molecule has 1 aliphatic rings. The lowest BCUT2D eigenvalue weighted by Crippen LogP contribution is -2.44. The number of aryl methyl sites for hydroxylation is 1. The summed E-state index contributed by atoms with van der Waals surface area (Å²) in [6.07, 6.45) is 4.33. The molecule has 1 aromatic rings. The van der Waals surface area contributed by atoms with E-state index in [1.807, 2.05) is 23.1 Å². The zero-order valence-electron chi connectivity index (χ0n) is 12.6. The topological polar surface area (TPSA) is 46.3 Å². The molecule has 1 aromatic carbocycles. The third-order valence-electron chi connectivity index (χ3n) is 4.55. The fourth-order valence-electron chi connectivity index (χ4n) is 3.42. The number of rotatable bonds is 5. The number of hydrogen-bond acceptors (Lipinski definition) is 2. The van der Waals surface area contributed by atoms with Gasteiger partial charge >= 0.3 is 0 Å². The Morgan fingerprint density at radius 1 is 1.30 bits per heavy atom. The van der Waals surface area contributed by atoms with E-state index in [0.29, 0.717) is 18.5 Å². The minimum atomic E-state index is 0.176. The first-order valence-electron chi connectivity index (χ1n) is 7.81. The van der Waals surface area contributed by atoms with E-state index in [1.165, 1.54) is 6.42 Å². The van der Waals surface area contributed by atoms with Crippen molar-refractivity contribution in [1.82, 2.24) is 4.90 Å². The van der Waals surface area contributed by atoms with Crippen LogP contribution in [0.1, 0.15) is 49.0 Å². The molecule has 0 radical (unpaired) electrons. The number of nitrogens with two attached hydrogens (primary N) is 1. The van der Waals surface area contributed by atoms with Gasteiger partial charge in [-0.3, -0.25) is 4.79 Å². The minimum Gasteiger partial charge on any atom is -0.336 e. The number of carbonyl (C=O) groups excluding carboxylic acids is 1. The van der Waals surface area contributed by atoms with Crippen LogP contribution in [0.2, 0.25) is 0 Å². The van der Waals surface area contributed by atoms with Gasteiger partial charge in [0.05, 0.1) is 0 Å². The molecule has 0 aromatic heterocycles. The Kier molecular flexibility index (Phi) is 5.18. The SMILES string of the molecule is CCc1ccccc1C(=O)N(CC)C1CCCC1CN. The lowest BCUT2D eigenvalue weighted by Gasteiger charge is -2.32. The number of hydrogen-bond donors (Lipinski definition) is 1. The minimum absolute atomic E-state index is 0.176. The summed E-state index contributed by atoms with van der Waals surface area (Å²) in [5.74, 6) is 0.642. The molecule has 0 bridgehead atoms. The van der Waals surface area contributed by atoms with Gasteiger partial charge in [0, 0.05) is 18.2 Å². The first-order valence-corrected chi connectivity index (χ1v) is 7.81. The third kappa shape index (κ3) is 2.88. The van der Waals surface area contributed by atoms with Crippen molar-refractivity contribution in [1.29, 1.82) is 0 Å². The predicted molar refractivity (Wildman–Crippen MR) is 82.7 cm³/mol. The third-order valence-corrected chi connectivity index (χ3v) is 4.55. The highest BCUT2D eigenvalue weighted by atomic mass is 16.2. The zero-order chi connectivity index (χ0) is 14.5. The Balaban J connectivity index is 2.25. The van der Waals surface area contributed by atoms with Gasteiger partial charge in [0.15, 0.2) is 0 Å². The van der Waals surface area contributed by atoms with E-state index in [1.54, 1.807) is 0 Å². The lowest BCUT2D eigenvalue weighted by atomic mass is 9.99. The van der Waals surface area contributed by atoms with E-state index in [0.717, 1.165) is 36.9 Å². The summed E-state index contributed by atoms with van der Waals surface area (Å²) >= 11 is 0. The Morgan fingerprint density at radius 3 is 2.70 bits per heavy atom. The van der Waals surface area contributed by atoms with Gasteiger partial charge in [0.25, 0.3) is 5.91 Å². The second-order valence-corrected chi connectivity index (χ2v) is 5.60. The van der Waals surface area contributed by atoms with Crippen molar-refractivity contribution in [2.24, 2.45) is 11.7 Å².